The minimum atomic E-state index is -3.40. The van der Waals surface area contributed by atoms with Gasteiger partial charge in [0.2, 0.25) is 7.37 Å². The molecule has 0 aliphatic rings. The van der Waals surface area contributed by atoms with E-state index in [0.29, 0.717) is 0 Å². The van der Waals surface area contributed by atoms with E-state index in [1.54, 1.807) is 0 Å². The standard InChI is InChI=1S/C12H25N2O8P/c13-9(11(15)16)1-3-21-5-7-23(19,20)8-6-22-4-2-10(14)12(17)18/h9-10H,1-8,13-14H2,(H,15,16)(H,17,18)(H,19,20). The SMILES string of the molecule is NC(CCOCCP(=O)(O)CCOCCC(N)C(=O)O)C(=O)O. The summed E-state index contributed by atoms with van der Waals surface area (Å²) in [5, 5.41) is 17.1. The van der Waals surface area contributed by atoms with Crippen molar-refractivity contribution < 1.29 is 38.7 Å². The smallest absolute Gasteiger partial charge is 0.320 e. The Kier molecular flexibility index (Phi) is 11.0. The summed E-state index contributed by atoms with van der Waals surface area (Å²) in [6.07, 6.45) is 0.0939. The summed E-state index contributed by atoms with van der Waals surface area (Å²) in [6.45, 7) is 0.224. The molecule has 0 aliphatic carbocycles. The van der Waals surface area contributed by atoms with E-state index < -0.39 is 31.4 Å². The van der Waals surface area contributed by atoms with Crippen molar-refractivity contribution in [3.8, 4) is 0 Å². The summed E-state index contributed by atoms with van der Waals surface area (Å²) in [7, 11) is -3.40. The fraction of sp³-hybridized carbons (Fsp3) is 0.833. The van der Waals surface area contributed by atoms with Crippen LogP contribution in [0.5, 0.6) is 0 Å². The number of hydrogen-bond donors (Lipinski definition) is 5. The van der Waals surface area contributed by atoms with E-state index in [2.05, 4.69) is 0 Å². The van der Waals surface area contributed by atoms with Crippen LogP contribution < -0.4 is 11.5 Å². The minimum Gasteiger partial charge on any atom is -0.480 e. The second-order valence-corrected chi connectivity index (χ2v) is 7.57. The first-order valence-electron chi connectivity index (χ1n) is 7.09. The quantitative estimate of drug-likeness (QED) is 0.189. The summed E-state index contributed by atoms with van der Waals surface area (Å²) in [5.74, 6) is -2.25. The van der Waals surface area contributed by atoms with E-state index >= 15 is 0 Å². The highest BCUT2D eigenvalue weighted by Crippen LogP contribution is 2.39. The molecule has 136 valence electrons. The van der Waals surface area contributed by atoms with Crippen LogP contribution >= 0.6 is 7.37 Å². The largest absolute Gasteiger partial charge is 0.480 e. The van der Waals surface area contributed by atoms with Gasteiger partial charge in [0.1, 0.15) is 12.1 Å². The highest BCUT2D eigenvalue weighted by molar-refractivity contribution is 7.58. The molecule has 0 saturated heterocycles. The summed E-state index contributed by atoms with van der Waals surface area (Å²) < 4.78 is 21.9. The van der Waals surface area contributed by atoms with Gasteiger partial charge in [-0.3, -0.25) is 14.2 Å². The number of nitrogens with two attached hydrogens (primary N) is 2. The number of carboxylic acids is 2. The van der Waals surface area contributed by atoms with Gasteiger partial charge in [-0.05, 0) is 12.8 Å². The van der Waals surface area contributed by atoms with E-state index in [1.165, 1.54) is 0 Å². The molecule has 0 rings (SSSR count). The molecule has 0 bridgehead atoms. The van der Waals surface area contributed by atoms with E-state index in [0.717, 1.165) is 0 Å². The Bertz CT molecular complexity index is 386. The molecule has 0 aromatic heterocycles. The summed E-state index contributed by atoms with van der Waals surface area (Å²) in [5.41, 5.74) is 10.5. The van der Waals surface area contributed by atoms with Crippen molar-refractivity contribution in [1.29, 1.82) is 0 Å². The van der Waals surface area contributed by atoms with Gasteiger partial charge in [-0.25, -0.2) is 0 Å². The Labute approximate surface area is 134 Å². The Hall–Kier alpha value is -1.03. The van der Waals surface area contributed by atoms with Crippen LogP contribution in [0.2, 0.25) is 0 Å². The van der Waals surface area contributed by atoms with Crippen molar-refractivity contribution in [3.05, 3.63) is 0 Å². The van der Waals surface area contributed by atoms with E-state index in [1.807, 2.05) is 0 Å². The van der Waals surface area contributed by atoms with Crippen molar-refractivity contribution in [1.82, 2.24) is 0 Å². The Morgan fingerprint density at radius 3 is 1.52 bits per heavy atom. The number of carboxylic acid groups (broad SMARTS) is 2. The fourth-order valence-electron chi connectivity index (χ4n) is 1.40. The summed E-state index contributed by atoms with van der Waals surface area (Å²) in [6, 6.07) is -2.02. The molecule has 2 unspecified atom stereocenters. The monoisotopic (exact) mass is 356 g/mol. The third kappa shape index (κ3) is 12.1. The Balaban J connectivity index is 3.67. The second kappa shape index (κ2) is 11.5. The van der Waals surface area contributed by atoms with Crippen molar-refractivity contribution in [2.75, 3.05) is 38.8 Å². The maximum absolute atomic E-state index is 11.8. The maximum Gasteiger partial charge on any atom is 0.320 e. The molecular weight excluding hydrogens is 331 g/mol. The lowest BCUT2D eigenvalue weighted by molar-refractivity contribution is -0.139. The van der Waals surface area contributed by atoms with Crippen LogP contribution in [0.15, 0.2) is 0 Å². The van der Waals surface area contributed by atoms with Crippen molar-refractivity contribution in [3.63, 3.8) is 0 Å². The van der Waals surface area contributed by atoms with Crippen molar-refractivity contribution in [2.45, 2.75) is 24.9 Å². The van der Waals surface area contributed by atoms with Crippen LogP contribution in [0, 0.1) is 0 Å². The second-order valence-electron chi connectivity index (χ2n) is 4.99. The molecule has 0 aromatic carbocycles. The minimum absolute atomic E-state index is 0.0179. The molecule has 0 heterocycles. The van der Waals surface area contributed by atoms with Gasteiger partial charge in [-0.15, -0.1) is 0 Å². The lowest BCUT2D eigenvalue weighted by Gasteiger charge is -2.13. The van der Waals surface area contributed by atoms with Gasteiger partial charge in [0.15, 0.2) is 0 Å². The molecule has 23 heavy (non-hydrogen) atoms. The zero-order chi connectivity index (χ0) is 17.9. The number of carbonyl (C=O) groups is 2. The number of hydrogen-bond acceptors (Lipinski definition) is 7. The molecule has 0 radical (unpaired) electrons. The van der Waals surface area contributed by atoms with E-state index in [-0.39, 0.29) is 51.6 Å². The number of ether oxygens (including phenoxy) is 2. The fourth-order valence-corrected chi connectivity index (χ4v) is 2.45. The molecule has 0 aromatic rings. The first kappa shape index (κ1) is 22.0. The Morgan fingerprint density at radius 2 is 1.22 bits per heavy atom. The summed E-state index contributed by atoms with van der Waals surface area (Å²) >= 11 is 0. The van der Waals surface area contributed by atoms with Gasteiger partial charge in [0.05, 0.1) is 13.2 Å². The third-order valence-corrected chi connectivity index (χ3v) is 4.71. The van der Waals surface area contributed by atoms with Crippen LogP contribution in [-0.2, 0) is 23.6 Å². The van der Waals surface area contributed by atoms with Gasteiger partial charge in [0, 0.05) is 25.5 Å². The van der Waals surface area contributed by atoms with Gasteiger partial charge in [-0.1, -0.05) is 0 Å². The molecule has 0 amide bonds. The van der Waals surface area contributed by atoms with Gasteiger partial charge < -0.3 is 36.0 Å². The van der Waals surface area contributed by atoms with Gasteiger partial charge in [0.25, 0.3) is 0 Å². The first-order valence-corrected chi connectivity index (χ1v) is 9.12. The predicted molar refractivity (Wildman–Crippen MR) is 81.7 cm³/mol. The average molecular weight is 356 g/mol. The average Bonchev–Trinajstić information content (AvgIpc) is 2.45. The normalized spacial score (nSPS) is 16.5. The van der Waals surface area contributed by atoms with Crippen molar-refractivity contribution >= 4 is 19.3 Å². The molecule has 10 nitrogen and oxygen atoms in total. The van der Waals surface area contributed by atoms with Crippen LogP contribution in [-0.4, -0.2) is 77.9 Å². The van der Waals surface area contributed by atoms with Crippen LogP contribution in [0.3, 0.4) is 0 Å². The van der Waals surface area contributed by atoms with Crippen molar-refractivity contribution in [2.24, 2.45) is 11.5 Å². The van der Waals surface area contributed by atoms with Gasteiger partial charge >= 0.3 is 11.9 Å². The number of aliphatic carboxylic acids is 2. The highest BCUT2D eigenvalue weighted by atomic mass is 31.2. The molecular formula is C12H25N2O8P. The predicted octanol–water partition coefficient (Wildman–Crippen LogP) is -1.11. The van der Waals surface area contributed by atoms with Crippen LogP contribution in [0.1, 0.15) is 12.8 Å². The number of rotatable bonds is 14. The lowest BCUT2D eigenvalue weighted by Crippen LogP contribution is -2.31. The van der Waals surface area contributed by atoms with Gasteiger partial charge in [-0.2, -0.15) is 0 Å². The zero-order valence-electron chi connectivity index (χ0n) is 12.8. The topological polar surface area (TPSA) is 182 Å². The summed E-state index contributed by atoms with van der Waals surface area (Å²) in [4.78, 5) is 30.6. The molecule has 2 atom stereocenters. The van der Waals surface area contributed by atoms with Crippen LogP contribution in [0.4, 0.5) is 0 Å². The maximum atomic E-state index is 11.8. The van der Waals surface area contributed by atoms with E-state index in [9.17, 15) is 19.0 Å². The van der Waals surface area contributed by atoms with E-state index in [4.69, 9.17) is 31.2 Å². The van der Waals surface area contributed by atoms with Crippen LogP contribution in [0.25, 0.3) is 0 Å². The molecule has 11 heteroatoms. The Morgan fingerprint density at radius 1 is 0.870 bits per heavy atom. The molecule has 0 fully saturated rings. The zero-order valence-corrected chi connectivity index (χ0v) is 13.7. The molecule has 7 N–H and O–H groups in total. The molecule has 0 saturated carbocycles. The third-order valence-electron chi connectivity index (χ3n) is 2.95. The first-order chi connectivity index (χ1) is 10.7. The highest BCUT2D eigenvalue weighted by Gasteiger charge is 2.18. The molecule has 0 aliphatic heterocycles. The lowest BCUT2D eigenvalue weighted by atomic mass is 10.2. The molecule has 0 spiro atoms.